The molecule has 1 heterocycles. The Labute approximate surface area is 125 Å². The zero-order valence-corrected chi connectivity index (χ0v) is 12.4. The molecule has 2 aliphatic rings. The van der Waals surface area contributed by atoms with Crippen LogP contribution < -0.4 is 15.8 Å². The number of amides is 1. The van der Waals surface area contributed by atoms with Gasteiger partial charge < -0.3 is 15.8 Å². The fraction of sp³-hybridized carbons (Fsp3) is 0.471. The van der Waals surface area contributed by atoms with Gasteiger partial charge in [0.1, 0.15) is 5.75 Å². The third-order valence-electron chi connectivity index (χ3n) is 4.75. The number of nitrogens with one attached hydrogen (secondary N) is 1. The van der Waals surface area contributed by atoms with E-state index in [0.717, 1.165) is 48.1 Å². The largest absolute Gasteiger partial charge is 0.497 e. The van der Waals surface area contributed by atoms with Crippen LogP contribution in [0.2, 0.25) is 0 Å². The predicted octanol–water partition coefficient (Wildman–Crippen LogP) is 2.24. The molecule has 3 rings (SSSR count). The van der Waals surface area contributed by atoms with Gasteiger partial charge >= 0.3 is 0 Å². The van der Waals surface area contributed by atoms with Crippen molar-refractivity contribution in [2.24, 2.45) is 5.73 Å². The second-order valence-corrected chi connectivity index (χ2v) is 5.88. The summed E-state index contributed by atoms with van der Waals surface area (Å²) in [5, 5.41) is 3.22. The molecule has 1 fully saturated rings. The minimum absolute atomic E-state index is 0.0162. The van der Waals surface area contributed by atoms with Gasteiger partial charge in [-0.1, -0.05) is 31.4 Å². The highest BCUT2D eigenvalue weighted by Crippen LogP contribution is 2.42. The molecule has 1 amide bonds. The quantitative estimate of drug-likeness (QED) is 0.895. The molecular weight excluding hydrogens is 264 g/mol. The molecule has 4 heteroatoms. The molecular formula is C17H22N2O2. The monoisotopic (exact) mass is 286 g/mol. The average molecular weight is 286 g/mol. The highest BCUT2D eigenvalue weighted by atomic mass is 16.5. The lowest BCUT2D eigenvalue weighted by Crippen LogP contribution is -2.47. The standard InChI is InChI=1S/C17H22N2O2/c1-21-13-7-5-12(6-8-13)15-14(11-18)17(19-16(15)20)9-3-2-4-10-17/h5-8H,2-4,9-11,18H2,1H3,(H,19,20). The Hall–Kier alpha value is -1.81. The van der Waals surface area contributed by atoms with Crippen LogP contribution in [0.4, 0.5) is 0 Å². The molecule has 21 heavy (non-hydrogen) atoms. The van der Waals surface area contributed by atoms with Crippen molar-refractivity contribution >= 4 is 11.5 Å². The van der Waals surface area contributed by atoms with Crippen molar-refractivity contribution in [3.8, 4) is 5.75 Å². The molecule has 3 N–H and O–H groups in total. The molecule has 0 saturated heterocycles. The van der Waals surface area contributed by atoms with Crippen molar-refractivity contribution in [3.05, 3.63) is 35.4 Å². The van der Waals surface area contributed by atoms with Gasteiger partial charge in [-0.2, -0.15) is 0 Å². The van der Waals surface area contributed by atoms with Gasteiger partial charge in [0, 0.05) is 12.1 Å². The van der Waals surface area contributed by atoms with Gasteiger partial charge in [0.25, 0.3) is 5.91 Å². The van der Waals surface area contributed by atoms with Crippen molar-refractivity contribution in [2.75, 3.05) is 13.7 Å². The Balaban J connectivity index is 2.03. The topological polar surface area (TPSA) is 64.3 Å². The summed E-state index contributed by atoms with van der Waals surface area (Å²) >= 11 is 0. The minimum atomic E-state index is -0.195. The van der Waals surface area contributed by atoms with E-state index >= 15 is 0 Å². The highest BCUT2D eigenvalue weighted by Gasteiger charge is 2.44. The number of nitrogens with two attached hydrogens (primary N) is 1. The number of rotatable bonds is 3. The zero-order valence-electron chi connectivity index (χ0n) is 12.4. The van der Waals surface area contributed by atoms with E-state index in [2.05, 4.69) is 5.32 Å². The molecule has 1 saturated carbocycles. The van der Waals surface area contributed by atoms with E-state index in [4.69, 9.17) is 10.5 Å². The van der Waals surface area contributed by atoms with Gasteiger partial charge in [-0.25, -0.2) is 0 Å². The van der Waals surface area contributed by atoms with Gasteiger partial charge in [0.15, 0.2) is 0 Å². The number of carbonyl (C=O) groups excluding carboxylic acids is 1. The van der Waals surface area contributed by atoms with Gasteiger partial charge in [-0.15, -0.1) is 0 Å². The molecule has 1 aliphatic heterocycles. The lowest BCUT2D eigenvalue weighted by molar-refractivity contribution is -0.116. The molecule has 0 radical (unpaired) electrons. The first-order chi connectivity index (χ1) is 10.2. The number of hydrogen-bond donors (Lipinski definition) is 2. The van der Waals surface area contributed by atoms with Gasteiger partial charge in [0.2, 0.25) is 0 Å². The summed E-state index contributed by atoms with van der Waals surface area (Å²) in [5.41, 5.74) is 8.59. The molecule has 0 unspecified atom stereocenters. The summed E-state index contributed by atoms with van der Waals surface area (Å²) < 4.78 is 5.18. The Kier molecular flexibility index (Phi) is 3.72. The van der Waals surface area contributed by atoms with Crippen molar-refractivity contribution in [3.63, 3.8) is 0 Å². The smallest absolute Gasteiger partial charge is 0.252 e. The maximum absolute atomic E-state index is 12.5. The van der Waals surface area contributed by atoms with Gasteiger partial charge in [-0.05, 0) is 36.1 Å². The summed E-state index contributed by atoms with van der Waals surface area (Å²) in [6.45, 7) is 0.431. The average Bonchev–Trinajstić information content (AvgIpc) is 2.79. The second kappa shape index (κ2) is 5.53. The first-order valence-electron chi connectivity index (χ1n) is 7.61. The van der Waals surface area contributed by atoms with Gasteiger partial charge in [-0.3, -0.25) is 4.79 Å². The number of ether oxygens (including phenoxy) is 1. The Bertz CT molecular complexity index is 569. The molecule has 0 atom stereocenters. The van der Waals surface area contributed by atoms with Crippen LogP contribution in [0.1, 0.15) is 37.7 Å². The van der Waals surface area contributed by atoms with Crippen LogP contribution in [-0.4, -0.2) is 25.1 Å². The molecule has 4 nitrogen and oxygen atoms in total. The first-order valence-corrected chi connectivity index (χ1v) is 7.61. The molecule has 1 aromatic carbocycles. The minimum Gasteiger partial charge on any atom is -0.497 e. The molecule has 1 aliphatic carbocycles. The lowest BCUT2D eigenvalue weighted by atomic mass is 9.76. The third-order valence-corrected chi connectivity index (χ3v) is 4.75. The fourth-order valence-electron chi connectivity index (χ4n) is 3.67. The van der Waals surface area contributed by atoms with Crippen LogP contribution in [0.25, 0.3) is 5.57 Å². The maximum Gasteiger partial charge on any atom is 0.252 e. The van der Waals surface area contributed by atoms with Crippen LogP contribution in [0.15, 0.2) is 29.8 Å². The Morgan fingerprint density at radius 2 is 1.86 bits per heavy atom. The van der Waals surface area contributed by atoms with Crippen LogP contribution in [0, 0.1) is 0 Å². The summed E-state index contributed by atoms with van der Waals surface area (Å²) in [4.78, 5) is 12.5. The Morgan fingerprint density at radius 3 is 2.43 bits per heavy atom. The van der Waals surface area contributed by atoms with Crippen molar-refractivity contribution in [2.45, 2.75) is 37.6 Å². The van der Waals surface area contributed by atoms with Crippen LogP contribution >= 0.6 is 0 Å². The summed E-state index contributed by atoms with van der Waals surface area (Å²) in [5.74, 6) is 0.807. The molecule has 1 aromatic rings. The van der Waals surface area contributed by atoms with Crippen LogP contribution in [0.5, 0.6) is 5.75 Å². The van der Waals surface area contributed by atoms with Crippen molar-refractivity contribution in [1.29, 1.82) is 0 Å². The van der Waals surface area contributed by atoms with Gasteiger partial charge in [0.05, 0.1) is 12.6 Å². The normalized spacial score (nSPS) is 20.8. The summed E-state index contributed by atoms with van der Waals surface area (Å²) in [6, 6.07) is 7.64. The van der Waals surface area contributed by atoms with E-state index in [1.807, 2.05) is 24.3 Å². The van der Waals surface area contributed by atoms with Crippen molar-refractivity contribution in [1.82, 2.24) is 5.32 Å². The van der Waals surface area contributed by atoms with Crippen molar-refractivity contribution < 1.29 is 9.53 Å². The molecule has 0 bridgehead atoms. The number of benzene rings is 1. The van der Waals surface area contributed by atoms with Crippen LogP contribution in [0.3, 0.4) is 0 Å². The van der Waals surface area contributed by atoms with E-state index < -0.39 is 0 Å². The van der Waals surface area contributed by atoms with E-state index in [0.29, 0.717) is 6.54 Å². The highest BCUT2D eigenvalue weighted by molar-refractivity contribution is 6.23. The fourth-order valence-corrected chi connectivity index (χ4v) is 3.67. The second-order valence-electron chi connectivity index (χ2n) is 5.88. The molecule has 0 aromatic heterocycles. The van der Waals surface area contributed by atoms with Crippen LogP contribution in [-0.2, 0) is 4.79 Å². The Morgan fingerprint density at radius 1 is 1.19 bits per heavy atom. The summed E-state index contributed by atoms with van der Waals surface area (Å²) in [7, 11) is 1.64. The lowest BCUT2D eigenvalue weighted by Gasteiger charge is -2.36. The van der Waals surface area contributed by atoms with E-state index in [-0.39, 0.29) is 11.4 Å². The maximum atomic E-state index is 12.5. The number of carbonyl (C=O) groups is 1. The molecule has 112 valence electrons. The van der Waals surface area contributed by atoms with E-state index in [9.17, 15) is 4.79 Å². The SMILES string of the molecule is COc1ccc(C2=C(CN)C3(CCCCC3)NC2=O)cc1. The molecule has 1 spiro atoms. The predicted molar refractivity (Wildman–Crippen MR) is 82.9 cm³/mol. The third kappa shape index (κ3) is 2.33. The van der Waals surface area contributed by atoms with E-state index in [1.165, 1.54) is 6.42 Å². The zero-order chi connectivity index (χ0) is 14.9. The number of methoxy groups -OCH3 is 1. The summed E-state index contributed by atoms with van der Waals surface area (Å²) in [6.07, 6.45) is 5.56. The number of hydrogen-bond acceptors (Lipinski definition) is 3. The van der Waals surface area contributed by atoms with E-state index in [1.54, 1.807) is 7.11 Å². The first kappa shape index (κ1) is 14.1.